The van der Waals surface area contributed by atoms with E-state index in [1.807, 2.05) is 0 Å². The number of amides is 1. The van der Waals surface area contributed by atoms with E-state index < -0.39 is 9.84 Å². The van der Waals surface area contributed by atoms with Crippen molar-refractivity contribution in [2.75, 3.05) is 44.3 Å². The number of sulfone groups is 1. The van der Waals surface area contributed by atoms with Crippen LogP contribution in [0.15, 0.2) is 0 Å². The molecule has 1 N–H and O–H groups in total. The fraction of sp³-hybridized carbons (Fsp3) is 0.938. The van der Waals surface area contributed by atoms with Gasteiger partial charge in [0, 0.05) is 19.7 Å². The monoisotopic (exact) mass is 346 g/mol. The molecule has 2 rings (SSSR count). The van der Waals surface area contributed by atoms with Crippen LogP contribution in [0.25, 0.3) is 0 Å². The van der Waals surface area contributed by atoms with E-state index in [1.165, 1.54) is 0 Å². The Morgan fingerprint density at radius 1 is 1.26 bits per heavy atom. The van der Waals surface area contributed by atoms with Crippen LogP contribution in [0.2, 0.25) is 0 Å². The zero-order valence-electron chi connectivity index (χ0n) is 14.1. The summed E-state index contributed by atoms with van der Waals surface area (Å²) in [5.74, 6) is 0.564. The number of rotatable bonds is 7. The highest BCUT2D eigenvalue weighted by Crippen LogP contribution is 2.17. The summed E-state index contributed by atoms with van der Waals surface area (Å²) in [4.78, 5) is 14.2. The third kappa shape index (κ3) is 6.77. The molecule has 2 unspecified atom stereocenters. The van der Waals surface area contributed by atoms with Crippen LogP contribution in [-0.2, 0) is 19.4 Å². The van der Waals surface area contributed by atoms with Crippen molar-refractivity contribution in [3.8, 4) is 0 Å². The Bertz CT molecular complexity index is 480. The van der Waals surface area contributed by atoms with E-state index in [0.29, 0.717) is 25.6 Å². The molecule has 0 aliphatic carbocycles. The van der Waals surface area contributed by atoms with E-state index >= 15 is 0 Å². The molecular formula is C16H30N2O4S. The van der Waals surface area contributed by atoms with E-state index in [-0.39, 0.29) is 23.3 Å². The molecule has 0 aromatic carbocycles. The smallest absolute Gasteiger partial charge is 0.234 e. The molecule has 134 valence electrons. The van der Waals surface area contributed by atoms with E-state index in [2.05, 4.69) is 17.1 Å². The minimum absolute atomic E-state index is 0.00206. The average molecular weight is 346 g/mol. The second kappa shape index (κ2) is 8.99. The van der Waals surface area contributed by atoms with Gasteiger partial charge < -0.3 is 10.1 Å². The maximum atomic E-state index is 12.1. The lowest BCUT2D eigenvalue weighted by Gasteiger charge is -2.20. The van der Waals surface area contributed by atoms with Gasteiger partial charge >= 0.3 is 0 Å². The van der Waals surface area contributed by atoms with Gasteiger partial charge in [0.1, 0.15) is 0 Å². The Morgan fingerprint density at radius 2 is 2.09 bits per heavy atom. The molecular weight excluding hydrogens is 316 g/mol. The average Bonchev–Trinajstić information content (AvgIpc) is 2.71. The lowest BCUT2D eigenvalue weighted by Crippen LogP contribution is -2.39. The molecule has 7 heteroatoms. The van der Waals surface area contributed by atoms with Crippen molar-refractivity contribution >= 4 is 15.7 Å². The molecule has 0 bridgehead atoms. The van der Waals surface area contributed by atoms with Crippen LogP contribution in [0.4, 0.5) is 0 Å². The minimum atomic E-state index is -2.86. The van der Waals surface area contributed by atoms with Gasteiger partial charge in [0.15, 0.2) is 9.84 Å². The Labute approximate surface area is 139 Å². The van der Waals surface area contributed by atoms with E-state index in [4.69, 9.17) is 4.74 Å². The summed E-state index contributed by atoms with van der Waals surface area (Å²) < 4.78 is 28.6. The predicted octanol–water partition coefficient (Wildman–Crippen LogP) is 0.818. The molecule has 2 fully saturated rings. The van der Waals surface area contributed by atoms with Gasteiger partial charge in [-0.2, -0.15) is 0 Å². The second-order valence-corrected chi connectivity index (χ2v) is 9.00. The third-order valence-corrected chi connectivity index (χ3v) is 6.44. The highest BCUT2D eigenvalue weighted by atomic mass is 32.2. The van der Waals surface area contributed by atoms with Gasteiger partial charge in [0.2, 0.25) is 5.91 Å². The maximum Gasteiger partial charge on any atom is 0.234 e. The van der Waals surface area contributed by atoms with Gasteiger partial charge in [-0.05, 0) is 44.6 Å². The fourth-order valence-electron chi connectivity index (χ4n) is 3.28. The topological polar surface area (TPSA) is 75.7 Å². The molecule has 2 atom stereocenters. The summed E-state index contributed by atoms with van der Waals surface area (Å²) in [6, 6.07) is 0. The van der Waals surface area contributed by atoms with Crippen LogP contribution in [0.3, 0.4) is 0 Å². The summed E-state index contributed by atoms with van der Waals surface area (Å²) in [6.45, 7) is 5.63. The van der Waals surface area contributed by atoms with Gasteiger partial charge in [-0.25, -0.2) is 8.42 Å². The van der Waals surface area contributed by atoms with Gasteiger partial charge in [-0.1, -0.05) is 6.92 Å². The number of carbonyl (C=O) groups is 1. The number of hydrogen-bond acceptors (Lipinski definition) is 5. The highest BCUT2D eigenvalue weighted by Gasteiger charge is 2.28. The summed E-state index contributed by atoms with van der Waals surface area (Å²) >= 11 is 0. The van der Waals surface area contributed by atoms with Gasteiger partial charge in [0.05, 0.1) is 24.2 Å². The quantitative estimate of drug-likeness (QED) is 0.739. The normalized spacial score (nSPS) is 28.4. The van der Waals surface area contributed by atoms with Crippen LogP contribution in [0, 0.1) is 5.92 Å². The van der Waals surface area contributed by atoms with E-state index in [1.54, 1.807) is 0 Å². The highest BCUT2D eigenvalue weighted by molar-refractivity contribution is 7.91. The largest absolute Gasteiger partial charge is 0.378 e. The van der Waals surface area contributed by atoms with Gasteiger partial charge in [-0.3, -0.25) is 9.69 Å². The summed E-state index contributed by atoms with van der Waals surface area (Å²) in [5, 5.41) is 2.90. The van der Waals surface area contributed by atoms with Crippen LogP contribution in [0.1, 0.15) is 39.0 Å². The molecule has 6 nitrogen and oxygen atoms in total. The Morgan fingerprint density at radius 3 is 2.78 bits per heavy atom. The number of hydrogen-bond donors (Lipinski definition) is 1. The number of ether oxygens (including phenoxy) is 1. The Balaban J connectivity index is 1.65. The zero-order valence-corrected chi connectivity index (χ0v) is 14.9. The molecule has 23 heavy (non-hydrogen) atoms. The van der Waals surface area contributed by atoms with Gasteiger partial charge in [0.25, 0.3) is 0 Å². The van der Waals surface area contributed by atoms with Crippen molar-refractivity contribution in [1.82, 2.24) is 10.2 Å². The number of nitrogens with one attached hydrogen (secondary N) is 1. The van der Waals surface area contributed by atoms with E-state index in [9.17, 15) is 13.2 Å². The third-order valence-electron chi connectivity index (χ3n) is 4.61. The fourth-order valence-corrected chi connectivity index (χ4v) is 5.15. The maximum absolute atomic E-state index is 12.1. The summed E-state index contributed by atoms with van der Waals surface area (Å²) in [6.07, 6.45) is 5.14. The van der Waals surface area contributed by atoms with Crippen molar-refractivity contribution in [2.24, 2.45) is 5.92 Å². The number of carbonyl (C=O) groups excluding carboxylic acids is 1. The molecule has 2 aliphatic heterocycles. The number of likely N-dealkylation sites (tertiary alicyclic amines) is 1. The van der Waals surface area contributed by atoms with Crippen molar-refractivity contribution in [1.29, 1.82) is 0 Å². The lowest BCUT2D eigenvalue weighted by atomic mass is 10.1. The van der Waals surface area contributed by atoms with Crippen LogP contribution in [-0.4, -0.2) is 69.6 Å². The Kier molecular flexibility index (Phi) is 7.30. The SMILES string of the molecule is CCCOC1CCCN(CC(=O)NCC2CCS(=O)(=O)C2)CC1. The molecule has 0 aromatic rings. The molecule has 0 radical (unpaired) electrons. The second-order valence-electron chi connectivity index (χ2n) is 6.77. The van der Waals surface area contributed by atoms with Gasteiger partial charge in [-0.15, -0.1) is 0 Å². The standard InChI is InChI=1S/C16H30N2O4S/c1-2-9-22-15-4-3-7-18(8-5-15)12-16(19)17-11-14-6-10-23(20,21)13-14/h14-15H,2-13H2,1H3,(H,17,19). The molecule has 0 saturated carbocycles. The Hall–Kier alpha value is -0.660. The van der Waals surface area contributed by atoms with Crippen LogP contribution >= 0.6 is 0 Å². The van der Waals surface area contributed by atoms with Crippen molar-refractivity contribution in [3.63, 3.8) is 0 Å². The first kappa shape index (κ1) is 18.7. The molecule has 0 aromatic heterocycles. The summed E-state index contributed by atoms with van der Waals surface area (Å²) in [5.41, 5.74) is 0. The molecule has 2 saturated heterocycles. The molecule has 1 amide bonds. The molecule has 2 aliphatic rings. The minimum Gasteiger partial charge on any atom is -0.378 e. The van der Waals surface area contributed by atoms with Crippen molar-refractivity contribution in [3.05, 3.63) is 0 Å². The summed E-state index contributed by atoms with van der Waals surface area (Å²) in [7, 11) is -2.86. The van der Waals surface area contributed by atoms with Crippen LogP contribution < -0.4 is 5.32 Å². The lowest BCUT2D eigenvalue weighted by molar-refractivity contribution is -0.122. The van der Waals surface area contributed by atoms with E-state index in [0.717, 1.165) is 45.4 Å². The first-order valence-corrected chi connectivity index (χ1v) is 10.6. The first-order chi connectivity index (χ1) is 11.0. The zero-order chi connectivity index (χ0) is 16.7. The van der Waals surface area contributed by atoms with Crippen molar-refractivity contribution < 1.29 is 17.9 Å². The first-order valence-electron chi connectivity index (χ1n) is 8.79. The van der Waals surface area contributed by atoms with Crippen molar-refractivity contribution in [2.45, 2.75) is 45.1 Å². The van der Waals surface area contributed by atoms with Crippen LogP contribution in [0.5, 0.6) is 0 Å². The molecule has 0 spiro atoms. The predicted molar refractivity (Wildman–Crippen MR) is 90.1 cm³/mol. The number of nitrogens with zero attached hydrogens (tertiary/aromatic N) is 1. The molecule has 2 heterocycles.